The van der Waals surface area contributed by atoms with Gasteiger partial charge in [-0.15, -0.1) is 0 Å². The van der Waals surface area contributed by atoms with E-state index in [4.69, 9.17) is 11.6 Å². The van der Waals surface area contributed by atoms with Crippen LogP contribution in [0.1, 0.15) is 12.6 Å². The van der Waals surface area contributed by atoms with Crippen LogP contribution in [0.5, 0.6) is 0 Å². The Balaban J connectivity index is 1.78. The van der Waals surface area contributed by atoms with Crippen LogP contribution in [0.4, 0.5) is 17.5 Å². The summed E-state index contributed by atoms with van der Waals surface area (Å²) >= 11 is 6.20. The first-order chi connectivity index (χ1) is 11.2. The van der Waals surface area contributed by atoms with E-state index >= 15 is 0 Å². The Bertz CT molecular complexity index is 668. The van der Waals surface area contributed by atoms with Crippen molar-refractivity contribution in [2.75, 3.05) is 42.9 Å². The normalized spacial score (nSPS) is 15.7. The van der Waals surface area contributed by atoms with E-state index in [-0.39, 0.29) is 0 Å². The van der Waals surface area contributed by atoms with Gasteiger partial charge in [0.25, 0.3) is 0 Å². The number of hydrogen-bond acceptors (Lipinski definition) is 5. The Morgan fingerprint density at radius 2 is 1.87 bits per heavy atom. The number of anilines is 3. The number of aryl methyl sites for hydroxylation is 1. The summed E-state index contributed by atoms with van der Waals surface area (Å²) in [6.45, 7) is 9.45. The van der Waals surface area contributed by atoms with Crippen molar-refractivity contribution >= 4 is 29.1 Å². The summed E-state index contributed by atoms with van der Waals surface area (Å²) in [5.74, 6) is 1.56. The fourth-order valence-corrected chi connectivity index (χ4v) is 2.93. The molecule has 5 nitrogen and oxygen atoms in total. The molecule has 2 heterocycles. The molecule has 0 saturated carbocycles. The molecule has 23 heavy (non-hydrogen) atoms. The summed E-state index contributed by atoms with van der Waals surface area (Å²) in [4.78, 5) is 13.9. The zero-order chi connectivity index (χ0) is 16.2. The van der Waals surface area contributed by atoms with Gasteiger partial charge >= 0.3 is 0 Å². The maximum Gasteiger partial charge on any atom is 0.229 e. The van der Waals surface area contributed by atoms with Gasteiger partial charge in [0.05, 0.1) is 10.7 Å². The Hall–Kier alpha value is -1.85. The van der Waals surface area contributed by atoms with E-state index in [2.05, 4.69) is 32.0 Å². The summed E-state index contributed by atoms with van der Waals surface area (Å²) in [5.41, 5.74) is 1.77. The third-order valence-electron chi connectivity index (χ3n) is 4.10. The van der Waals surface area contributed by atoms with E-state index in [0.29, 0.717) is 11.0 Å². The van der Waals surface area contributed by atoms with Crippen LogP contribution in [-0.2, 0) is 0 Å². The Morgan fingerprint density at radius 1 is 1.13 bits per heavy atom. The van der Waals surface area contributed by atoms with Crippen molar-refractivity contribution in [1.82, 2.24) is 14.9 Å². The summed E-state index contributed by atoms with van der Waals surface area (Å²) in [5, 5.41) is 3.88. The summed E-state index contributed by atoms with van der Waals surface area (Å²) < 4.78 is 0. The van der Waals surface area contributed by atoms with Crippen LogP contribution in [0, 0.1) is 6.92 Å². The molecule has 1 aliphatic heterocycles. The van der Waals surface area contributed by atoms with Crippen molar-refractivity contribution in [3.05, 3.63) is 41.0 Å². The topological polar surface area (TPSA) is 44.3 Å². The molecule has 2 aromatic rings. The molecule has 0 spiro atoms. The number of aromatic nitrogens is 2. The maximum absolute atomic E-state index is 6.20. The van der Waals surface area contributed by atoms with Crippen LogP contribution in [0.15, 0.2) is 30.3 Å². The van der Waals surface area contributed by atoms with Crippen molar-refractivity contribution in [2.45, 2.75) is 13.8 Å². The molecule has 1 N–H and O–H groups in total. The summed E-state index contributed by atoms with van der Waals surface area (Å²) in [6.07, 6.45) is 0. The first kappa shape index (κ1) is 16.0. The number of piperazine rings is 1. The molecule has 0 aliphatic carbocycles. The molecule has 0 bridgehead atoms. The van der Waals surface area contributed by atoms with Crippen LogP contribution in [0.25, 0.3) is 0 Å². The largest absolute Gasteiger partial charge is 0.354 e. The predicted octanol–water partition coefficient (Wildman–Crippen LogP) is 3.32. The molecule has 1 saturated heterocycles. The van der Waals surface area contributed by atoms with Gasteiger partial charge in [-0.2, -0.15) is 4.98 Å². The number of halogens is 1. The third kappa shape index (κ3) is 3.92. The summed E-state index contributed by atoms with van der Waals surface area (Å²) in [7, 11) is 0. The van der Waals surface area contributed by atoms with Crippen molar-refractivity contribution in [2.24, 2.45) is 0 Å². The zero-order valence-corrected chi connectivity index (χ0v) is 14.3. The third-order valence-corrected chi connectivity index (χ3v) is 4.43. The second-order valence-corrected chi connectivity index (χ2v) is 6.12. The first-order valence-electron chi connectivity index (χ1n) is 8.00. The molecule has 6 heteroatoms. The van der Waals surface area contributed by atoms with Crippen LogP contribution in [-0.4, -0.2) is 47.6 Å². The van der Waals surface area contributed by atoms with Crippen molar-refractivity contribution < 1.29 is 0 Å². The highest BCUT2D eigenvalue weighted by atomic mass is 35.5. The number of nitrogens with zero attached hydrogens (tertiary/aromatic N) is 4. The zero-order valence-electron chi connectivity index (χ0n) is 13.6. The second kappa shape index (κ2) is 7.15. The van der Waals surface area contributed by atoms with E-state index in [1.54, 1.807) is 0 Å². The lowest BCUT2D eigenvalue weighted by Crippen LogP contribution is -2.46. The van der Waals surface area contributed by atoms with Crippen LogP contribution in [0.2, 0.25) is 5.02 Å². The predicted molar refractivity (Wildman–Crippen MR) is 95.8 cm³/mol. The van der Waals surface area contributed by atoms with Gasteiger partial charge in [-0.1, -0.05) is 30.7 Å². The number of nitrogens with one attached hydrogen (secondary N) is 1. The molecule has 1 aromatic carbocycles. The monoisotopic (exact) mass is 331 g/mol. The second-order valence-electron chi connectivity index (χ2n) is 5.72. The fraction of sp³-hybridized carbons (Fsp3) is 0.412. The van der Waals surface area contributed by atoms with Crippen molar-refractivity contribution in [3.63, 3.8) is 0 Å². The Labute approximate surface area is 142 Å². The molecule has 3 rings (SSSR count). The van der Waals surface area contributed by atoms with Gasteiger partial charge in [-0.05, 0) is 25.6 Å². The van der Waals surface area contributed by atoms with Crippen molar-refractivity contribution in [1.29, 1.82) is 0 Å². The minimum absolute atomic E-state index is 0.589. The van der Waals surface area contributed by atoms with Crippen molar-refractivity contribution in [3.8, 4) is 0 Å². The number of benzene rings is 1. The number of para-hydroxylation sites is 1. The van der Waals surface area contributed by atoms with Gasteiger partial charge in [0.15, 0.2) is 0 Å². The number of likely N-dealkylation sites (N-methyl/N-ethyl adjacent to an activating group) is 1. The lowest BCUT2D eigenvalue weighted by Gasteiger charge is -2.34. The van der Waals surface area contributed by atoms with E-state index < -0.39 is 0 Å². The van der Waals surface area contributed by atoms with Gasteiger partial charge in [0.1, 0.15) is 5.82 Å². The first-order valence-corrected chi connectivity index (χ1v) is 8.38. The molecular formula is C17H22ClN5. The van der Waals surface area contributed by atoms with Crippen LogP contribution < -0.4 is 10.2 Å². The standard InChI is InChI=1S/C17H22ClN5/c1-3-22-8-10-23(11-9-22)16-12-13(2)19-17(21-16)20-15-7-5-4-6-14(15)18/h4-7,12H,3,8-11H2,1-2H3,(H,19,20,21). The average Bonchev–Trinajstić information content (AvgIpc) is 2.56. The Morgan fingerprint density at radius 3 is 2.57 bits per heavy atom. The fourth-order valence-electron chi connectivity index (χ4n) is 2.75. The Kier molecular flexibility index (Phi) is 4.98. The van der Waals surface area contributed by atoms with E-state index in [1.807, 2.05) is 37.3 Å². The van der Waals surface area contributed by atoms with Gasteiger partial charge in [0.2, 0.25) is 5.95 Å². The quantitative estimate of drug-likeness (QED) is 0.931. The van der Waals surface area contributed by atoms with Gasteiger partial charge in [-0.3, -0.25) is 0 Å². The molecule has 0 radical (unpaired) electrons. The van der Waals surface area contributed by atoms with Crippen LogP contribution >= 0.6 is 11.6 Å². The smallest absolute Gasteiger partial charge is 0.229 e. The lowest BCUT2D eigenvalue weighted by molar-refractivity contribution is 0.270. The highest BCUT2D eigenvalue weighted by molar-refractivity contribution is 6.33. The highest BCUT2D eigenvalue weighted by Crippen LogP contribution is 2.24. The average molecular weight is 332 g/mol. The van der Waals surface area contributed by atoms with E-state index in [9.17, 15) is 0 Å². The molecule has 0 unspecified atom stereocenters. The molecule has 122 valence electrons. The summed E-state index contributed by atoms with van der Waals surface area (Å²) in [6, 6.07) is 9.66. The van der Waals surface area contributed by atoms with Crippen LogP contribution in [0.3, 0.4) is 0 Å². The molecule has 0 atom stereocenters. The number of rotatable bonds is 4. The molecule has 1 aliphatic rings. The van der Waals surface area contributed by atoms with Gasteiger partial charge in [-0.25, -0.2) is 4.98 Å². The van der Waals surface area contributed by atoms with Gasteiger partial charge < -0.3 is 15.1 Å². The van der Waals surface area contributed by atoms with E-state index in [1.165, 1.54) is 0 Å². The molecular weight excluding hydrogens is 310 g/mol. The SMILES string of the molecule is CCN1CCN(c2cc(C)nc(Nc3ccccc3Cl)n2)CC1. The number of hydrogen-bond donors (Lipinski definition) is 1. The molecule has 1 fully saturated rings. The molecule has 0 amide bonds. The van der Waals surface area contributed by atoms with Gasteiger partial charge in [0, 0.05) is 37.9 Å². The maximum atomic E-state index is 6.20. The minimum Gasteiger partial charge on any atom is -0.354 e. The van der Waals surface area contributed by atoms with E-state index in [0.717, 1.165) is 49.9 Å². The molecule has 1 aromatic heterocycles. The lowest BCUT2D eigenvalue weighted by atomic mass is 10.3. The minimum atomic E-state index is 0.589. The highest BCUT2D eigenvalue weighted by Gasteiger charge is 2.18.